The molecule has 2 aromatic heterocycles. The van der Waals surface area contributed by atoms with Crippen molar-refractivity contribution in [3.05, 3.63) is 46.7 Å². The van der Waals surface area contributed by atoms with Gasteiger partial charge in [0, 0.05) is 43.5 Å². The Kier molecular flexibility index (Phi) is 6.64. The molecule has 0 saturated heterocycles. The van der Waals surface area contributed by atoms with Gasteiger partial charge in [-0.05, 0) is 18.2 Å². The van der Waals surface area contributed by atoms with Gasteiger partial charge in [-0.1, -0.05) is 11.6 Å². The van der Waals surface area contributed by atoms with Crippen LogP contribution < -0.4 is 16.0 Å². The molecule has 3 N–H and O–H groups in total. The number of nitrogens with one attached hydrogen (secondary N) is 3. The second kappa shape index (κ2) is 8.93. The highest BCUT2D eigenvalue weighted by atomic mass is 35.5. The minimum atomic E-state index is -0.630. The van der Waals surface area contributed by atoms with Crippen LogP contribution in [0.4, 0.5) is 16.0 Å². The van der Waals surface area contributed by atoms with Crippen molar-refractivity contribution in [2.75, 3.05) is 23.7 Å². The molecule has 0 aliphatic rings. The molecule has 9 heteroatoms. The lowest BCUT2D eigenvalue weighted by atomic mass is 10.2. The summed E-state index contributed by atoms with van der Waals surface area (Å²) in [6.07, 6.45) is 2.84. The molecule has 0 spiro atoms. The molecule has 25 heavy (non-hydrogen) atoms. The molecule has 2 aromatic rings. The normalized spacial score (nSPS) is 10.2. The van der Waals surface area contributed by atoms with Crippen molar-refractivity contribution in [2.45, 2.75) is 13.6 Å². The molecule has 0 bridgehead atoms. The van der Waals surface area contributed by atoms with E-state index in [2.05, 4.69) is 25.9 Å². The first kappa shape index (κ1) is 18.6. The van der Waals surface area contributed by atoms with E-state index in [9.17, 15) is 14.0 Å². The third kappa shape index (κ3) is 5.68. The Bertz CT molecular complexity index is 772. The van der Waals surface area contributed by atoms with Gasteiger partial charge in [-0.2, -0.15) is 0 Å². The van der Waals surface area contributed by atoms with Crippen LogP contribution in [0.2, 0.25) is 5.02 Å². The summed E-state index contributed by atoms with van der Waals surface area (Å²) in [7, 11) is 0. The van der Waals surface area contributed by atoms with Crippen molar-refractivity contribution in [1.82, 2.24) is 15.3 Å². The number of amides is 2. The first-order chi connectivity index (χ1) is 12.0. The number of nitrogens with zero attached hydrogens (tertiary/aromatic N) is 2. The highest BCUT2D eigenvalue weighted by Gasteiger charge is 2.08. The standard InChI is InChI=1S/C16H17ClFN5O2/c1-10(24)23-14-7-12(2-3-19-14)16(25)21-5-4-20-15-13(17)6-11(8-18)9-22-15/h2-3,6-7,9H,4-5,8H2,1H3,(H,20,22)(H,21,25)(H,19,23,24). The van der Waals surface area contributed by atoms with Gasteiger partial charge in [0.05, 0.1) is 5.02 Å². The number of hydrogen-bond acceptors (Lipinski definition) is 5. The Labute approximate surface area is 149 Å². The van der Waals surface area contributed by atoms with Crippen LogP contribution in [0.3, 0.4) is 0 Å². The van der Waals surface area contributed by atoms with Gasteiger partial charge in [-0.25, -0.2) is 14.4 Å². The Morgan fingerprint density at radius 2 is 2.04 bits per heavy atom. The lowest BCUT2D eigenvalue weighted by Crippen LogP contribution is -2.29. The van der Waals surface area contributed by atoms with Gasteiger partial charge in [-0.15, -0.1) is 0 Å². The lowest BCUT2D eigenvalue weighted by Gasteiger charge is -2.10. The predicted molar refractivity (Wildman–Crippen MR) is 93.4 cm³/mol. The molecular weight excluding hydrogens is 349 g/mol. The summed E-state index contributed by atoms with van der Waals surface area (Å²) in [5, 5.41) is 8.51. The monoisotopic (exact) mass is 365 g/mol. The van der Waals surface area contributed by atoms with E-state index < -0.39 is 6.67 Å². The summed E-state index contributed by atoms with van der Waals surface area (Å²) in [5.41, 5.74) is 0.777. The number of aromatic nitrogens is 2. The molecule has 132 valence electrons. The first-order valence-electron chi connectivity index (χ1n) is 7.45. The first-order valence-corrected chi connectivity index (χ1v) is 7.83. The van der Waals surface area contributed by atoms with Crippen LogP contribution in [0.1, 0.15) is 22.8 Å². The van der Waals surface area contributed by atoms with Crippen LogP contribution >= 0.6 is 11.6 Å². The van der Waals surface area contributed by atoms with E-state index in [1.165, 1.54) is 31.5 Å². The maximum absolute atomic E-state index is 12.5. The summed E-state index contributed by atoms with van der Waals surface area (Å²) in [5.74, 6) is 0.159. The van der Waals surface area contributed by atoms with Crippen LogP contribution in [0.15, 0.2) is 30.6 Å². The molecule has 0 radical (unpaired) electrons. The summed E-state index contributed by atoms with van der Waals surface area (Å²) in [6, 6.07) is 4.52. The van der Waals surface area contributed by atoms with Gasteiger partial charge >= 0.3 is 0 Å². The molecular formula is C16H17ClFN5O2. The highest BCUT2D eigenvalue weighted by molar-refractivity contribution is 6.32. The number of hydrogen-bond donors (Lipinski definition) is 3. The smallest absolute Gasteiger partial charge is 0.251 e. The Hall–Kier alpha value is -2.74. The average molecular weight is 366 g/mol. The number of alkyl halides is 1. The van der Waals surface area contributed by atoms with Crippen LogP contribution in [-0.4, -0.2) is 34.9 Å². The summed E-state index contributed by atoms with van der Waals surface area (Å²) in [6.45, 7) is 1.44. The van der Waals surface area contributed by atoms with Gasteiger partial charge in [0.25, 0.3) is 5.91 Å². The largest absolute Gasteiger partial charge is 0.367 e. The zero-order valence-corrected chi connectivity index (χ0v) is 14.2. The number of halogens is 2. The van der Waals surface area contributed by atoms with Crippen molar-refractivity contribution in [3.8, 4) is 0 Å². The van der Waals surface area contributed by atoms with Crippen LogP contribution in [-0.2, 0) is 11.5 Å². The lowest BCUT2D eigenvalue weighted by molar-refractivity contribution is -0.114. The molecule has 0 aliphatic heterocycles. The third-order valence-corrected chi connectivity index (χ3v) is 3.37. The van der Waals surface area contributed by atoms with E-state index >= 15 is 0 Å². The fourth-order valence-electron chi connectivity index (χ4n) is 1.96. The maximum Gasteiger partial charge on any atom is 0.251 e. The predicted octanol–water partition coefficient (Wildman–Crippen LogP) is 2.40. The van der Waals surface area contributed by atoms with Gasteiger partial charge in [-0.3, -0.25) is 9.59 Å². The summed E-state index contributed by atoms with van der Waals surface area (Å²) < 4.78 is 12.5. The number of carbonyl (C=O) groups excluding carboxylic acids is 2. The maximum atomic E-state index is 12.5. The third-order valence-electron chi connectivity index (χ3n) is 3.08. The molecule has 2 amide bonds. The van der Waals surface area contributed by atoms with Gasteiger partial charge < -0.3 is 16.0 Å². The molecule has 0 aliphatic carbocycles. The van der Waals surface area contributed by atoms with Crippen LogP contribution in [0, 0.1) is 0 Å². The van der Waals surface area contributed by atoms with E-state index in [1.54, 1.807) is 6.07 Å². The van der Waals surface area contributed by atoms with Crippen molar-refractivity contribution < 1.29 is 14.0 Å². The molecule has 7 nitrogen and oxygen atoms in total. The van der Waals surface area contributed by atoms with Crippen LogP contribution in [0.5, 0.6) is 0 Å². The fourth-order valence-corrected chi connectivity index (χ4v) is 2.22. The van der Waals surface area contributed by atoms with Gasteiger partial charge in [0.2, 0.25) is 5.91 Å². The van der Waals surface area contributed by atoms with Crippen molar-refractivity contribution in [3.63, 3.8) is 0 Å². The average Bonchev–Trinajstić information content (AvgIpc) is 2.59. The second-order valence-electron chi connectivity index (χ2n) is 5.10. The number of pyridine rings is 2. The van der Waals surface area contributed by atoms with Crippen molar-refractivity contribution in [2.24, 2.45) is 0 Å². The number of rotatable bonds is 7. The highest BCUT2D eigenvalue weighted by Crippen LogP contribution is 2.20. The number of anilines is 2. The topological polar surface area (TPSA) is 96.0 Å². The zero-order chi connectivity index (χ0) is 18.2. The molecule has 0 aromatic carbocycles. The quantitative estimate of drug-likeness (QED) is 0.655. The van der Waals surface area contributed by atoms with E-state index in [-0.39, 0.29) is 11.8 Å². The van der Waals surface area contributed by atoms with Gasteiger partial charge in [0.15, 0.2) is 0 Å². The fraction of sp³-hybridized carbons (Fsp3) is 0.250. The SMILES string of the molecule is CC(=O)Nc1cc(C(=O)NCCNc2ncc(CF)cc2Cl)ccn1. The molecule has 0 saturated carbocycles. The minimum absolute atomic E-state index is 0.266. The van der Waals surface area contributed by atoms with Crippen molar-refractivity contribution >= 4 is 35.1 Å². The Morgan fingerprint density at radius 3 is 2.72 bits per heavy atom. The van der Waals surface area contributed by atoms with Gasteiger partial charge in [0.1, 0.15) is 18.3 Å². The molecule has 0 fully saturated rings. The molecule has 0 atom stereocenters. The summed E-state index contributed by atoms with van der Waals surface area (Å²) in [4.78, 5) is 31.1. The summed E-state index contributed by atoms with van der Waals surface area (Å²) >= 11 is 5.98. The van der Waals surface area contributed by atoms with E-state index in [0.29, 0.717) is 40.9 Å². The van der Waals surface area contributed by atoms with E-state index in [0.717, 1.165) is 0 Å². The van der Waals surface area contributed by atoms with Crippen molar-refractivity contribution in [1.29, 1.82) is 0 Å². The zero-order valence-electron chi connectivity index (χ0n) is 13.5. The second-order valence-corrected chi connectivity index (χ2v) is 5.51. The minimum Gasteiger partial charge on any atom is -0.367 e. The molecule has 2 heterocycles. The van der Waals surface area contributed by atoms with E-state index in [4.69, 9.17) is 11.6 Å². The Morgan fingerprint density at radius 1 is 1.24 bits per heavy atom. The van der Waals surface area contributed by atoms with Crippen LogP contribution in [0.25, 0.3) is 0 Å². The Balaban J connectivity index is 1.83. The van der Waals surface area contributed by atoms with E-state index in [1.807, 2.05) is 0 Å². The number of carbonyl (C=O) groups is 2. The molecule has 2 rings (SSSR count). The molecule has 0 unspecified atom stereocenters.